The van der Waals surface area contributed by atoms with E-state index in [4.69, 9.17) is 27.6 Å². The number of likely N-dealkylation sites (N-methyl/N-ethyl adjacent to an activating group) is 1. The van der Waals surface area contributed by atoms with E-state index in [0.717, 1.165) is 0 Å². The van der Waals surface area contributed by atoms with Crippen LogP contribution in [0.1, 0.15) is 29.7 Å². The molecule has 0 aromatic heterocycles. The van der Waals surface area contributed by atoms with E-state index in [2.05, 4.69) is 0 Å². The van der Waals surface area contributed by atoms with E-state index in [1.165, 1.54) is 23.1 Å². The molecule has 0 bridgehead atoms. The Morgan fingerprint density at radius 3 is 2.72 bits per heavy atom. The minimum atomic E-state index is -2.85. The van der Waals surface area contributed by atoms with Gasteiger partial charge in [0.25, 0.3) is 0 Å². The Morgan fingerprint density at radius 2 is 2.17 bits per heavy atom. The van der Waals surface area contributed by atoms with Crippen LogP contribution in [0.3, 0.4) is 0 Å². The number of hydrogen-bond acceptors (Lipinski definition) is 4. The van der Waals surface area contributed by atoms with Crippen LogP contribution < -0.4 is 5.73 Å². The Balaban J connectivity index is 3.02. The van der Waals surface area contributed by atoms with Crippen LogP contribution in [0, 0.1) is 0 Å². The maximum absolute atomic E-state index is 12.1. The van der Waals surface area contributed by atoms with Crippen LogP contribution in [0.15, 0.2) is 18.2 Å². The Bertz CT molecular complexity index is 551. The van der Waals surface area contributed by atoms with E-state index in [1.54, 1.807) is 13.8 Å². The van der Waals surface area contributed by atoms with Crippen LogP contribution >= 0.6 is 11.6 Å². The number of esters is 1. The van der Waals surface area contributed by atoms with Crippen LogP contribution in [-0.4, -0.2) is 37.0 Å². The maximum atomic E-state index is 12.1. The highest BCUT2D eigenvalue weighted by Crippen LogP contribution is 2.19. The van der Waals surface area contributed by atoms with E-state index >= 15 is 0 Å². The number of nitrogens with zero attached hydrogens (tertiary/aromatic N) is 1. The number of benzene rings is 1. The first-order valence-electron chi connectivity index (χ1n) is 7.60. The van der Waals surface area contributed by atoms with Crippen molar-refractivity contribution in [3.63, 3.8) is 0 Å². The van der Waals surface area contributed by atoms with Gasteiger partial charge in [0.05, 0.1) is 13.3 Å². The van der Waals surface area contributed by atoms with Gasteiger partial charge in [-0.05, 0) is 31.3 Å². The van der Waals surface area contributed by atoms with Crippen molar-refractivity contribution in [2.24, 2.45) is 0 Å². The molecule has 1 rings (SSSR count). The minimum Gasteiger partial charge on any atom is -0.461 e. The lowest BCUT2D eigenvalue weighted by Gasteiger charge is -2.17. The molecule has 0 amide bonds. The Labute approximate surface area is 118 Å². The number of anilines is 1. The molecule has 0 saturated heterocycles. The molecule has 0 unspecified atom stereocenters. The number of carbonyl (C=O) groups excluding carboxylic acids is 1. The Morgan fingerprint density at radius 1 is 1.50 bits per heavy atom. The summed E-state index contributed by atoms with van der Waals surface area (Å²) in [6, 6.07) is 4.08. The molecule has 5 heteroatoms. The van der Waals surface area contributed by atoms with E-state index in [0.29, 0.717) is 5.69 Å². The first kappa shape index (κ1) is 9.64. The summed E-state index contributed by atoms with van der Waals surface area (Å²) in [5.41, 5.74) is 5.80. The SMILES string of the molecule is [2H]C([2H])(OC(=O)c1ccc(N)cc1Cl)C([2H])([2H])N(CC)CC. The van der Waals surface area contributed by atoms with Crippen molar-refractivity contribution in [1.29, 1.82) is 0 Å². The molecule has 100 valence electrons. The molecule has 0 aliphatic rings. The van der Waals surface area contributed by atoms with Crippen LogP contribution in [0.4, 0.5) is 5.69 Å². The standard InChI is InChI=1S/C13H19ClN2O2/c1-3-16(4-2)7-8-18-13(17)11-6-5-10(15)9-12(11)14/h5-6,9H,3-4,7-8,15H2,1-2H3/i7D2,8D2. The fourth-order valence-corrected chi connectivity index (χ4v) is 1.53. The van der Waals surface area contributed by atoms with Gasteiger partial charge in [-0.15, -0.1) is 0 Å². The molecule has 18 heavy (non-hydrogen) atoms. The lowest BCUT2D eigenvalue weighted by molar-refractivity contribution is 0.0466. The maximum Gasteiger partial charge on any atom is 0.339 e. The summed E-state index contributed by atoms with van der Waals surface area (Å²) >= 11 is 5.88. The summed E-state index contributed by atoms with van der Waals surface area (Å²) in [4.78, 5) is 13.3. The van der Waals surface area contributed by atoms with Gasteiger partial charge in [-0.25, -0.2) is 4.79 Å². The lowest BCUT2D eigenvalue weighted by atomic mass is 10.2. The van der Waals surface area contributed by atoms with Crippen LogP contribution in [0.25, 0.3) is 0 Å². The molecular formula is C13H19ClN2O2. The quantitative estimate of drug-likeness (QED) is 0.639. The normalized spacial score (nSPS) is 15.6. The van der Waals surface area contributed by atoms with Gasteiger partial charge >= 0.3 is 5.97 Å². The van der Waals surface area contributed by atoms with Crippen molar-refractivity contribution in [2.75, 3.05) is 31.9 Å². The van der Waals surface area contributed by atoms with E-state index in [9.17, 15) is 4.79 Å². The molecule has 0 heterocycles. The first-order valence-corrected chi connectivity index (χ1v) is 5.98. The Kier molecular flexibility index (Phi) is 3.88. The Hall–Kier alpha value is -1.26. The molecular weight excluding hydrogens is 252 g/mol. The van der Waals surface area contributed by atoms with Crippen molar-refractivity contribution in [3.05, 3.63) is 28.8 Å². The number of halogens is 1. The van der Waals surface area contributed by atoms with Gasteiger partial charge < -0.3 is 15.4 Å². The molecule has 2 N–H and O–H groups in total. The number of rotatable bonds is 6. The fraction of sp³-hybridized carbons (Fsp3) is 0.462. The lowest BCUT2D eigenvalue weighted by Crippen LogP contribution is -2.27. The number of nitrogens with two attached hydrogens (primary N) is 1. The third kappa shape index (κ3) is 4.20. The molecule has 4 nitrogen and oxygen atoms in total. The zero-order valence-corrected chi connectivity index (χ0v) is 11.1. The number of ether oxygens (including phenoxy) is 1. The number of carbonyl (C=O) groups is 1. The van der Waals surface area contributed by atoms with Crippen molar-refractivity contribution < 1.29 is 15.0 Å². The van der Waals surface area contributed by atoms with Crippen LogP contribution in [0.2, 0.25) is 5.02 Å². The third-order valence-electron chi connectivity index (χ3n) is 2.32. The second-order valence-electron chi connectivity index (χ2n) is 3.51. The van der Waals surface area contributed by atoms with Crippen LogP contribution in [-0.2, 0) is 4.74 Å². The van der Waals surface area contributed by atoms with Gasteiger partial charge in [-0.2, -0.15) is 0 Å². The summed E-state index contributed by atoms with van der Waals surface area (Å²) in [7, 11) is 0. The zero-order chi connectivity index (χ0) is 17.1. The smallest absolute Gasteiger partial charge is 0.339 e. The van der Waals surface area contributed by atoms with Gasteiger partial charge in [0, 0.05) is 14.9 Å². The molecule has 1 aromatic carbocycles. The molecule has 0 atom stereocenters. The minimum absolute atomic E-state index is 0.0178. The van der Waals surface area contributed by atoms with Crippen molar-refractivity contribution >= 4 is 23.3 Å². The molecule has 0 aliphatic heterocycles. The van der Waals surface area contributed by atoms with E-state index < -0.39 is 19.0 Å². The van der Waals surface area contributed by atoms with Gasteiger partial charge in [0.15, 0.2) is 0 Å². The summed E-state index contributed by atoms with van der Waals surface area (Å²) in [6.45, 7) is -1.41. The average Bonchev–Trinajstić information content (AvgIpc) is 2.38. The molecule has 0 fully saturated rings. The van der Waals surface area contributed by atoms with Crippen molar-refractivity contribution in [3.8, 4) is 0 Å². The highest BCUT2D eigenvalue weighted by molar-refractivity contribution is 6.33. The monoisotopic (exact) mass is 274 g/mol. The van der Waals surface area contributed by atoms with Crippen molar-refractivity contribution in [1.82, 2.24) is 4.90 Å². The van der Waals surface area contributed by atoms with Gasteiger partial charge in [0.2, 0.25) is 0 Å². The molecule has 0 aliphatic carbocycles. The number of nitrogen functional groups attached to an aromatic ring is 1. The predicted molar refractivity (Wildman–Crippen MR) is 73.9 cm³/mol. The highest BCUT2D eigenvalue weighted by atomic mass is 35.5. The molecule has 0 radical (unpaired) electrons. The van der Waals surface area contributed by atoms with Gasteiger partial charge in [-0.3, -0.25) is 0 Å². The molecule has 0 saturated carbocycles. The van der Waals surface area contributed by atoms with E-state index in [1.807, 2.05) is 0 Å². The number of hydrogen-bond donors (Lipinski definition) is 1. The van der Waals surface area contributed by atoms with E-state index in [-0.39, 0.29) is 23.7 Å². The van der Waals surface area contributed by atoms with Gasteiger partial charge in [0.1, 0.15) is 6.56 Å². The fourth-order valence-electron chi connectivity index (χ4n) is 1.27. The first-order chi connectivity index (χ1) is 10.1. The second-order valence-corrected chi connectivity index (χ2v) is 3.92. The van der Waals surface area contributed by atoms with Crippen molar-refractivity contribution in [2.45, 2.75) is 13.8 Å². The summed E-state index contributed by atoms with van der Waals surface area (Å²) in [6.07, 6.45) is 0. The summed E-state index contributed by atoms with van der Waals surface area (Å²) in [5, 5.41) is 0.0178. The summed E-state index contributed by atoms with van der Waals surface area (Å²) in [5.74, 6) is -1.05. The molecule has 1 aromatic rings. The predicted octanol–water partition coefficient (Wildman–Crippen LogP) is 2.42. The zero-order valence-electron chi connectivity index (χ0n) is 14.4. The summed E-state index contributed by atoms with van der Waals surface area (Å²) < 4.78 is 36.2. The second kappa shape index (κ2) is 7.24. The third-order valence-corrected chi connectivity index (χ3v) is 2.64. The largest absolute Gasteiger partial charge is 0.461 e. The highest BCUT2D eigenvalue weighted by Gasteiger charge is 2.12. The molecule has 0 spiro atoms. The topological polar surface area (TPSA) is 55.6 Å². The average molecular weight is 275 g/mol. The van der Waals surface area contributed by atoms with Crippen LogP contribution in [0.5, 0.6) is 0 Å². The van der Waals surface area contributed by atoms with Gasteiger partial charge in [-0.1, -0.05) is 25.4 Å².